The number of unbranched alkanes of at least 4 members (excludes halogenated alkanes) is 1. The second-order valence-corrected chi connectivity index (χ2v) is 8.20. The van der Waals surface area contributed by atoms with E-state index in [2.05, 4.69) is 19.2 Å². The van der Waals surface area contributed by atoms with Crippen molar-refractivity contribution in [2.45, 2.75) is 103 Å². The van der Waals surface area contributed by atoms with E-state index >= 15 is 0 Å². The van der Waals surface area contributed by atoms with Gasteiger partial charge < -0.3 is 15.0 Å². The summed E-state index contributed by atoms with van der Waals surface area (Å²) in [6, 6.07) is 1.69. The van der Waals surface area contributed by atoms with Gasteiger partial charge in [0.2, 0.25) is 0 Å². The van der Waals surface area contributed by atoms with E-state index in [0.29, 0.717) is 19.4 Å². The molecule has 1 aromatic heterocycles. The van der Waals surface area contributed by atoms with Gasteiger partial charge in [0, 0.05) is 12.2 Å². The first kappa shape index (κ1) is 23.2. The molecule has 1 aliphatic rings. The Kier molecular flexibility index (Phi) is 8.47. The number of hydrogen-bond acceptors (Lipinski definition) is 3. The fourth-order valence-corrected chi connectivity index (χ4v) is 4.32. The maximum absolute atomic E-state index is 13.2. The van der Waals surface area contributed by atoms with Crippen molar-refractivity contribution in [3.05, 3.63) is 33.2 Å². The fourth-order valence-electron chi connectivity index (χ4n) is 4.32. The molecule has 2 rings (SSSR count). The molecule has 1 fully saturated rings. The molecule has 0 spiro atoms. The molecule has 2 N–H and O–H groups in total. The number of hydrogen-bond donors (Lipinski definition) is 2. The molecule has 0 bridgehead atoms. The maximum Gasteiger partial charge on any atom is 0.329 e. The van der Waals surface area contributed by atoms with Crippen LogP contribution in [0, 0.1) is 0 Å². The third-order valence-corrected chi connectivity index (χ3v) is 6.06. The number of aliphatic carboxylic acids is 1. The zero-order chi connectivity index (χ0) is 21.4. The largest absolute Gasteiger partial charge is 0.480 e. The number of carboxylic acid groups (broad SMARTS) is 1. The van der Waals surface area contributed by atoms with E-state index in [-0.39, 0.29) is 11.1 Å². The first-order valence-electron chi connectivity index (χ1n) is 11.2. The van der Waals surface area contributed by atoms with Gasteiger partial charge >= 0.3 is 5.97 Å². The predicted octanol–water partition coefficient (Wildman–Crippen LogP) is 4.07. The molecule has 1 aromatic rings. The Hall–Kier alpha value is -2.11. The minimum atomic E-state index is -1.28. The van der Waals surface area contributed by atoms with E-state index in [1.54, 1.807) is 10.6 Å². The Balaban J connectivity index is 2.47. The van der Waals surface area contributed by atoms with Crippen LogP contribution in [0.3, 0.4) is 0 Å². The minimum absolute atomic E-state index is 0.0719. The van der Waals surface area contributed by atoms with Gasteiger partial charge in [-0.2, -0.15) is 0 Å². The second kappa shape index (κ2) is 10.6. The summed E-state index contributed by atoms with van der Waals surface area (Å²) in [5, 5.41) is 12.6. The molecular weight excluding hydrogens is 368 g/mol. The van der Waals surface area contributed by atoms with Crippen LogP contribution < -0.4 is 10.9 Å². The molecule has 162 valence electrons. The second-order valence-electron chi connectivity index (χ2n) is 8.20. The van der Waals surface area contributed by atoms with Gasteiger partial charge in [-0.15, -0.1) is 0 Å². The monoisotopic (exact) mass is 404 g/mol. The first-order chi connectivity index (χ1) is 13.9. The van der Waals surface area contributed by atoms with Crippen molar-refractivity contribution in [3.63, 3.8) is 0 Å². The number of nitrogens with one attached hydrogen (secondary N) is 1. The maximum atomic E-state index is 13.2. The molecule has 0 saturated heterocycles. The van der Waals surface area contributed by atoms with Crippen LogP contribution in [0.25, 0.3) is 0 Å². The Bertz CT molecular complexity index is 774. The standard InChI is InChI=1S/C23H36N2O4/c1-4-7-15-25-19(12-5-2)17(6-3)16-18(21(25)27)20(26)24-23(22(28)29)13-10-8-9-11-14-23/h16H,4-15H2,1-3H3,(H,24,26)(H,28,29). The summed E-state index contributed by atoms with van der Waals surface area (Å²) in [6.07, 6.45) is 8.56. The van der Waals surface area contributed by atoms with Gasteiger partial charge in [0.25, 0.3) is 11.5 Å². The fraction of sp³-hybridized carbons (Fsp3) is 0.696. The molecule has 1 heterocycles. The topological polar surface area (TPSA) is 88.4 Å². The van der Waals surface area contributed by atoms with Crippen molar-refractivity contribution in [1.29, 1.82) is 0 Å². The number of pyridine rings is 1. The van der Waals surface area contributed by atoms with Crippen LogP contribution in [0.15, 0.2) is 10.9 Å². The number of aryl methyl sites for hydroxylation is 1. The van der Waals surface area contributed by atoms with Crippen LogP contribution in [-0.4, -0.2) is 27.1 Å². The smallest absolute Gasteiger partial charge is 0.329 e. The van der Waals surface area contributed by atoms with Gasteiger partial charge in [-0.05, 0) is 43.7 Å². The van der Waals surface area contributed by atoms with Crippen LogP contribution in [0.2, 0.25) is 0 Å². The number of carboxylic acids is 1. The Morgan fingerprint density at radius 2 is 1.76 bits per heavy atom. The van der Waals surface area contributed by atoms with Crippen LogP contribution >= 0.6 is 0 Å². The molecular formula is C23H36N2O4. The predicted molar refractivity (Wildman–Crippen MR) is 115 cm³/mol. The summed E-state index contributed by atoms with van der Waals surface area (Å²) < 4.78 is 1.75. The van der Waals surface area contributed by atoms with Crippen LogP contribution in [0.1, 0.15) is 100 Å². The summed E-state index contributed by atoms with van der Waals surface area (Å²) in [7, 11) is 0. The van der Waals surface area contributed by atoms with Crippen LogP contribution in [0.5, 0.6) is 0 Å². The van der Waals surface area contributed by atoms with Crippen LogP contribution in [-0.2, 0) is 24.2 Å². The molecule has 0 aliphatic heterocycles. The summed E-state index contributed by atoms with van der Waals surface area (Å²) in [6.45, 7) is 6.76. The minimum Gasteiger partial charge on any atom is -0.480 e. The van der Waals surface area contributed by atoms with E-state index in [9.17, 15) is 19.5 Å². The normalized spacial score (nSPS) is 16.2. The lowest BCUT2D eigenvalue weighted by Gasteiger charge is -2.29. The number of rotatable bonds is 9. The SMILES string of the molecule is CCCCn1c(CCC)c(CC)cc(C(=O)NC2(C(=O)O)CCCCCC2)c1=O. The highest BCUT2D eigenvalue weighted by molar-refractivity contribution is 5.97. The summed E-state index contributed by atoms with van der Waals surface area (Å²) in [4.78, 5) is 38.4. The van der Waals surface area contributed by atoms with Gasteiger partial charge in [0.05, 0.1) is 0 Å². The molecule has 1 saturated carbocycles. The number of carbonyl (C=O) groups is 2. The van der Waals surface area contributed by atoms with E-state index in [1.807, 2.05) is 6.92 Å². The quantitative estimate of drug-likeness (QED) is 0.607. The molecule has 0 unspecified atom stereocenters. The third kappa shape index (κ3) is 5.28. The lowest BCUT2D eigenvalue weighted by atomic mass is 9.89. The first-order valence-corrected chi connectivity index (χ1v) is 11.2. The Morgan fingerprint density at radius 1 is 1.10 bits per heavy atom. The number of nitrogens with zero attached hydrogens (tertiary/aromatic N) is 1. The molecule has 1 amide bonds. The van der Waals surface area contributed by atoms with Crippen molar-refractivity contribution >= 4 is 11.9 Å². The third-order valence-electron chi connectivity index (χ3n) is 6.06. The summed E-state index contributed by atoms with van der Waals surface area (Å²) >= 11 is 0. The van der Waals surface area contributed by atoms with E-state index in [0.717, 1.165) is 69.0 Å². The van der Waals surface area contributed by atoms with Crippen molar-refractivity contribution in [2.24, 2.45) is 0 Å². The van der Waals surface area contributed by atoms with Crippen molar-refractivity contribution in [2.75, 3.05) is 0 Å². The highest BCUT2D eigenvalue weighted by atomic mass is 16.4. The average Bonchev–Trinajstić information content (AvgIpc) is 2.94. The van der Waals surface area contributed by atoms with Crippen molar-refractivity contribution in [1.82, 2.24) is 9.88 Å². The average molecular weight is 405 g/mol. The highest BCUT2D eigenvalue weighted by Crippen LogP contribution is 2.28. The molecule has 0 atom stereocenters. The molecule has 0 radical (unpaired) electrons. The highest BCUT2D eigenvalue weighted by Gasteiger charge is 2.40. The molecule has 29 heavy (non-hydrogen) atoms. The summed E-state index contributed by atoms with van der Waals surface area (Å²) in [5.41, 5.74) is 0.502. The van der Waals surface area contributed by atoms with E-state index < -0.39 is 17.4 Å². The lowest BCUT2D eigenvalue weighted by molar-refractivity contribution is -0.145. The van der Waals surface area contributed by atoms with Gasteiger partial charge in [-0.25, -0.2) is 4.79 Å². The number of aromatic nitrogens is 1. The Morgan fingerprint density at radius 3 is 2.28 bits per heavy atom. The zero-order valence-corrected chi connectivity index (χ0v) is 18.2. The van der Waals surface area contributed by atoms with Crippen molar-refractivity contribution in [3.8, 4) is 0 Å². The van der Waals surface area contributed by atoms with Crippen LogP contribution in [0.4, 0.5) is 0 Å². The van der Waals surface area contributed by atoms with Gasteiger partial charge in [-0.1, -0.05) is 59.3 Å². The molecule has 6 nitrogen and oxygen atoms in total. The van der Waals surface area contributed by atoms with E-state index in [4.69, 9.17) is 0 Å². The van der Waals surface area contributed by atoms with Crippen molar-refractivity contribution < 1.29 is 14.7 Å². The summed E-state index contributed by atoms with van der Waals surface area (Å²) in [5.74, 6) is -1.56. The molecule has 6 heteroatoms. The van der Waals surface area contributed by atoms with Gasteiger partial charge in [0.1, 0.15) is 11.1 Å². The van der Waals surface area contributed by atoms with E-state index in [1.165, 1.54) is 0 Å². The lowest BCUT2D eigenvalue weighted by Crippen LogP contribution is -2.55. The Labute approximate surface area is 173 Å². The number of amides is 1. The molecule has 1 aliphatic carbocycles. The van der Waals surface area contributed by atoms with Gasteiger partial charge in [-0.3, -0.25) is 9.59 Å². The molecule has 0 aromatic carbocycles. The van der Waals surface area contributed by atoms with Gasteiger partial charge in [0.15, 0.2) is 0 Å². The number of carbonyl (C=O) groups excluding carboxylic acids is 1. The zero-order valence-electron chi connectivity index (χ0n) is 18.2.